The van der Waals surface area contributed by atoms with Gasteiger partial charge in [-0.2, -0.15) is 0 Å². The molecule has 6 nitrogen and oxygen atoms in total. The largest absolute Gasteiger partial charge is 0.329 e. The van der Waals surface area contributed by atoms with Gasteiger partial charge in [-0.25, -0.2) is 9.78 Å². The van der Waals surface area contributed by atoms with Crippen LogP contribution in [0.15, 0.2) is 70.3 Å². The average Bonchev–Trinajstić information content (AvgIpc) is 3.00. The van der Waals surface area contributed by atoms with Crippen molar-refractivity contribution in [3.05, 3.63) is 87.1 Å². The van der Waals surface area contributed by atoms with Crippen molar-refractivity contribution in [3.8, 4) is 11.4 Å². The van der Waals surface area contributed by atoms with Gasteiger partial charge >= 0.3 is 5.69 Å². The predicted molar refractivity (Wildman–Crippen MR) is 96.6 cm³/mol. The van der Waals surface area contributed by atoms with Gasteiger partial charge in [-0.15, -0.1) is 0 Å². The fraction of sp³-hybridized carbons (Fsp3) is 0.105. The minimum Gasteiger partial charge on any atom is -0.305 e. The van der Waals surface area contributed by atoms with Gasteiger partial charge in [-0.05, 0) is 5.56 Å². The first-order valence-electron chi connectivity index (χ1n) is 7.94. The standard InChI is InChI=1S/C19H16N4O2/c1-22-18(24)15-17(21-19(22)25)23(12-13-8-4-2-5-9-13)16(20-15)14-10-6-3-7-11-14/h2-11H,12H2,1H3,(H,21,25). The van der Waals surface area contributed by atoms with Crippen molar-refractivity contribution >= 4 is 11.2 Å². The number of fused-ring (bicyclic) bond motifs is 1. The number of nitrogens with zero attached hydrogens (tertiary/aromatic N) is 3. The molecule has 4 rings (SSSR count). The van der Waals surface area contributed by atoms with Crippen LogP contribution >= 0.6 is 0 Å². The van der Waals surface area contributed by atoms with Gasteiger partial charge in [0.05, 0.1) is 6.54 Å². The van der Waals surface area contributed by atoms with Gasteiger partial charge in [0.25, 0.3) is 5.56 Å². The number of rotatable bonds is 3. The molecule has 25 heavy (non-hydrogen) atoms. The minimum absolute atomic E-state index is 0.261. The molecule has 0 radical (unpaired) electrons. The number of nitrogens with one attached hydrogen (secondary N) is 1. The van der Waals surface area contributed by atoms with Crippen LogP contribution < -0.4 is 11.2 Å². The quantitative estimate of drug-likeness (QED) is 0.625. The first-order valence-corrected chi connectivity index (χ1v) is 7.94. The Kier molecular flexibility index (Phi) is 3.57. The Balaban J connectivity index is 2.03. The van der Waals surface area contributed by atoms with Gasteiger partial charge in [0.2, 0.25) is 0 Å². The van der Waals surface area contributed by atoms with Crippen LogP contribution in [-0.2, 0) is 13.6 Å². The molecular formula is C19H16N4O2. The first-order chi connectivity index (χ1) is 12.1. The second-order valence-corrected chi connectivity index (χ2v) is 5.86. The number of imidazole rings is 1. The molecule has 0 saturated heterocycles. The van der Waals surface area contributed by atoms with Crippen molar-refractivity contribution in [1.29, 1.82) is 0 Å². The van der Waals surface area contributed by atoms with Gasteiger partial charge in [-0.1, -0.05) is 60.7 Å². The maximum Gasteiger partial charge on any atom is 0.329 e. The van der Waals surface area contributed by atoms with Crippen molar-refractivity contribution < 1.29 is 0 Å². The zero-order valence-electron chi connectivity index (χ0n) is 13.6. The summed E-state index contributed by atoms with van der Waals surface area (Å²) in [4.78, 5) is 31.9. The van der Waals surface area contributed by atoms with Gasteiger partial charge in [0.15, 0.2) is 5.52 Å². The first kappa shape index (κ1) is 15.1. The molecule has 0 fully saturated rings. The number of aromatic amines is 1. The van der Waals surface area contributed by atoms with E-state index in [0.29, 0.717) is 18.0 Å². The van der Waals surface area contributed by atoms with E-state index in [1.54, 1.807) is 0 Å². The highest BCUT2D eigenvalue weighted by Crippen LogP contribution is 2.22. The highest BCUT2D eigenvalue weighted by Gasteiger charge is 2.17. The highest BCUT2D eigenvalue weighted by molar-refractivity contribution is 5.76. The fourth-order valence-electron chi connectivity index (χ4n) is 2.89. The van der Waals surface area contributed by atoms with Crippen molar-refractivity contribution in [2.75, 3.05) is 0 Å². The summed E-state index contributed by atoms with van der Waals surface area (Å²) in [5.41, 5.74) is 1.79. The number of H-pyrrole nitrogens is 1. The van der Waals surface area contributed by atoms with Crippen LogP contribution in [0, 0.1) is 0 Å². The lowest BCUT2D eigenvalue weighted by molar-refractivity contribution is 0.772. The Morgan fingerprint density at radius 1 is 0.960 bits per heavy atom. The van der Waals surface area contributed by atoms with E-state index >= 15 is 0 Å². The van der Waals surface area contributed by atoms with E-state index in [-0.39, 0.29) is 5.52 Å². The van der Waals surface area contributed by atoms with Gasteiger partial charge in [-0.3, -0.25) is 14.3 Å². The van der Waals surface area contributed by atoms with Crippen LogP contribution in [0.25, 0.3) is 22.6 Å². The average molecular weight is 332 g/mol. The summed E-state index contributed by atoms with van der Waals surface area (Å²) in [5, 5.41) is 0. The van der Waals surface area contributed by atoms with Crippen LogP contribution in [0.1, 0.15) is 5.56 Å². The van der Waals surface area contributed by atoms with E-state index in [2.05, 4.69) is 9.97 Å². The lowest BCUT2D eigenvalue weighted by Crippen LogP contribution is -2.32. The summed E-state index contributed by atoms with van der Waals surface area (Å²) in [6, 6.07) is 19.5. The van der Waals surface area contributed by atoms with Crippen molar-refractivity contribution in [3.63, 3.8) is 0 Å². The van der Waals surface area contributed by atoms with Crippen molar-refractivity contribution in [1.82, 2.24) is 19.1 Å². The molecule has 124 valence electrons. The fourth-order valence-corrected chi connectivity index (χ4v) is 2.89. The summed E-state index contributed by atoms with van der Waals surface area (Å²) >= 11 is 0. The van der Waals surface area contributed by atoms with Crippen LogP contribution in [-0.4, -0.2) is 19.1 Å². The molecule has 0 bridgehead atoms. The van der Waals surface area contributed by atoms with E-state index in [1.807, 2.05) is 65.2 Å². The summed E-state index contributed by atoms with van der Waals surface area (Å²) < 4.78 is 2.92. The van der Waals surface area contributed by atoms with E-state index in [1.165, 1.54) is 7.05 Å². The topological polar surface area (TPSA) is 72.7 Å². The Labute approximate surface area is 143 Å². The minimum atomic E-state index is -0.452. The number of benzene rings is 2. The van der Waals surface area contributed by atoms with Crippen LogP contribution in [0.5, 0.6) is 0 Å². The van der Waals surface area contributed by atoms with Crippen LogP contribution in [0.4, 0.5) is 0 Å². The molecule has 0 spiro atoms. The molecule has 0 aliphatic carbocycles. The second-order valence-electron chi connectivity index (χ2n) is 5.86. The third-order valence-corrected chi connectivity index (χ3v) is 4.22. The Bertz CT molecular complexity index is 1160. The molecule has 2 aromatic carbocycles. The number of hydrogen-bond acceptors (Lipinski definition) is 3. The Morgan fingerprint density at radius 3 is 2.28 bits per heavy atom. The van der Waals surface area contributed by atoms with E-state index < -0.39 is 11.2 Å². The molecule has 0 aliphatic heterocycles. The lowest BCUT2D eigenvalue weighted by atomic mass is 10.2. The molecule has 0 atom stereocenters. The van der Waals surface area contributed by atoms with Gasteiger partial charge in [0.1, 0.15) is 11.5 Å². The van der Waals surface area contributed by atoms with Gasteiger partial charge in [0, 0.05) is 12.6 Å². The third-order valence-electron chi connectivity index (χ3n) is 4.22. The van der Waals surface area contributed by atoms with Crippen LogP contribution in [0.2, 0.25) is 0 Å². The number of hydrogen-bond donors (Lipinski definition) is 1. The highest BCUT2D eigenvalue weighted by atomic mass is 16.2. The van der Waals surface area contributed by atoms with E-state index in [4.69, 9.17) is 0 Å². The molecule has 0 aliphatic rings. The third kappa shape index (κ3) is 2.57. The Hall–Kier alpha value is -3.41. The summed E-state index contributed by atoms with van der Waals surface area (Å²) in [6.07, 6.45) is 0. The summed E-state index contributed by atoms with van der Waals surface area (Å²) in [5.74, 6) is 0.651. The summed E-state index contributed by atoms with van der Waals surface area (Å²) in [7, 11) is 1.44. The molecule has 6 heteroatoms. The SMILES string of the molecule is Cn1c(=O)[nH]c2c(nc(-c3ccccc3)n2Cc2ccccc2)c1=O. The normalized spacial score (nSPS) is 11.1. The molecule has 2 aromatic heterocycles. The number of aromatic nitrogens is 4. The predicted octanol–water partition coefficient (Wildman–Crippen LogP) is 2.14. The maximum atomic E-state index is 12.5. The maximum absolute atomic E-state index is 12.5. The second kappa shape index (κ2) is 5.90. The lowest BCUT2D eigenvalue weighted by Gasteiger charge is -2.09. The van der Waals surface area contributed by atoms with Crippen molar-refractivity contribution in [2.24, 2.45) is 7.05 Å². The molecular weight excluding hydrogens is 316 g/mol. The van der Waals surface area contributed by atoms with E-state index in [9.17, 15) is 9.59 Å². The molecule has 1 N–H and O–H groups in total. The smallest absolute Gasteiger partial charge is 0.305 e. The molecule has 0 saturated carbocycles. The monoisotopic (exact) mass is 332 g/mol. The molecule has 4 aromatic rings. The molecule has 0 unspecified atom stereocenters. The van der Waals surface area contributed by atoms with Crippen molar-refractivity contribution in [2.45, 2.75) is 6.54 Å². The zero-order valence-corrected chi connectivity index (χ0v) is 13.6. The molecule has 2 heterocycles. The molecule has 0 amide bonds. The Morgan fingerprint density at radius 2 is 1.60 bits per heavy atom. The van der Waals surface area contributed by atoms with Crippen LogP contribution in [0.3, 0.4) is 0 Å². The van der Waals surface area contributed by atoms with Gasteiger partial charge < -0.3 is 4.57 Å². The zero-order chi connectivity index (χ0) is 17.4. The van der Waals surface area contributed by atoms with E-state index in [0.717, 1.165) is 15.7 Å². The summed E-state index contributed by atoms with van der Waals surface area (Å²) in [6.45, 7) is 0.505.